The van der Waals surface area contributed by atoms with Gasteiger partial charge in [0.15, 0.2) is 0 Å². The van der Waals surface area contributed by atoms with Crippen molar-refractivity contribution in [1.29, 1.82) is 0 Å². The van der Waals surface area contributed by atoms with E-state index in [4.69, 9.17) is 11.6 Å². The molecule has 0 spiro atoms. The van der Waals surface area contributed by atoms with E-state index in [1.807, 2.05) is 0 Å². The van der Waals surface area contributed by atoms with Crippen LogP contribution in [-0.2, 0) is 0 Å². The van der Waals surface area contributed by atoms with E-state index in [1.54, 1.807) is 19.1 Å². The van der Waals surface area contributed by atoms with Gasteiger partial charge in [-0.15, -0.1) is 0 Å². The van der Waals surface area contributed by atoms with Crippen LogP contribution in [0.5, 0.6) is 0 Å². The maximum atomic E-state index is 12.1. The van der Waals surface area contributed by atoms with E-state index in [-0.39, 0.29) is 5.91 Å². The Morgan fingerprint density at radius 1 is 1.48 bits per heavy atom. The van der Waals surface area contributed by atoms with Crippen molar-refractivity contribution in [3.8, 4) is 0 Å². The van der Waals surface area contributed by atoms with Crippen molar-refractivity contribution in [2.45, 2.75) is 51.6 Å². The lowest BCUT2D eigenvalue weighted by atomic mass is 9.78. The molecule has 0 atom stereocenters. The fourth-order valence-corrected chi connectivity index (χ4v) is 3.16. The van der Waals surface area contributed by atoms with Crippen LogP contribution in [0, 0.1) is 12.8 Å². The monoisotopic (exact) mass is 310 g/mol. The van der Waals surface area contributed by atoms with Gasteiger partial charge in [0.25, 0.3) is 5.91 Å². The number of aromatic nitrogens is 1. The molecule has 0 aliphatic heterocycles. The normalized spacial score (nSPS) is 25.6. The molecule has 0 aromatic carbocycles. The van der Waals surface area contributed by atoms with E-state index in [9.17, 15) is 9.90 Å². The second kappa shape index (κ2) is 6.75. The van der Waals surface area contributed by atoms with Crippen LogP contribution in [0.2, 0.25) is 5.15 Å². The van der Waals surface area contributed by atoms with E-state index < -0.39 is 5.60 Å². The first-order chi connectivity index (χ1) is 9.92. The molecule has 2 rings (SSSR count). The highest BCUT2D eigenvalue weighted by molar-refractivity contribution is 6.29. The largest absolute Gasteiger partial charge is 0.388 e. The van der Waals surface area contributed by atoms with Gasteiger partial charge in [0.2, 0.25) is 0 Å². The minimum Gasteiger partial charge on any atom is -0.388 e. The molecule has 4 nitrogen and oxygen atoms in total. The van der Waals surface area contributed by atoms with Crippen molar-refractivity contribution in [2.24, 2.45) is 5.92 Å². The molecular formula is C16H23ClN2O2. The smallest absolute Gasteiger partial charge is 0.251 e. The zero-order chi connectivity index (χ0) is 15.5. The number of halogens is 1. The van der Waals surface area contributed by atoms with Crippen molar-refractivity contribution in [3.63, 3.8) is 0 Å². The third-order valence-electron chi connectivity index (χ3n) is 4.38. The maximum Gasteiger partial charge on any atom is 0.251 e. The summed E-state index contributed by atoms with van der Waals surface area (Å²) in [6, 6.07) is 3.24. The Bertz CT molecular complexity index is 491. The van der Waals surface area contributed by atoms with Crippen LogP contribution in [0.25, 0.3) is 0 Å². The molecule has 1 aliphatic rings. The van der Waals surface area contributed by atoms with Crippen LogP contribution in [-0.4, -0.2) is 28.1 Å². The number of nitrogens with one attached hydrogen (secondary N) is 1. The maximum absolute atomic E-state index is 12.1. The lowest BCUT2D eigenvalue weighted by Crippen LogP contribution is -2.45. The van der Waals surface area contributed by atoms with Crippen LogP contribution in [0.15, 0.2) is 12.1 Å². The molecule has 1 saturated carbocycles. The Kier molecular flexibility index (Phi) is 5.22. The highest BCUT2D eigenvalue weighted by Gasteiger charge is 2.32. The standard InChI is InChI=1S/C16H23ClN2O2/c1-3-12-4-6-16(21,7-5-12)10-18-15(20)13-8-11(2)19-14(17)9-13/h8-9,12,21H,3-7,10H2,1-2H3,(H,18,20). The lowest BCUT2D eigenvalue weighted by Gasteiger charge is -2.35. The predicted octanol–water partition coefficient (Wildman–Crippen LogP) is 3.10. The zero-order valence-electron chi connectivity index (χ0n) is 12.7. The Morgan fingerprint density at radius 3 is 2.71 bits per heavy atom. The number of carbonyl (C=O) groups excluding carboxylic acids is 1. The molecule has 5 heteroatoms. The molecule has 1 aromatic heterocycles. The van der Waals surface area contributed by atoms with Crippen LogP contribution in [0.1, 0.15) is 55.1 Å². The van der Waals surface area contributed by atoms with Crippen LogP contribution >= 0.6 is 11.6 Å². The van der Waals surface area contributed by atoms with E-state index in [0.29, 0.717) is 28.9 Å². The Hall–Kier alpha value is -1.13. The minimum absolute atomic E-state index is 0.214. The number of carbonyl (C=O) groups is 1. The lowest BCUT2D eigenvalue weighted by molar-refractivity contribution is -0.00786. The number of hydrogen-bond donors (Lipinski definition) is 2. The molecule has 0 bridgehead atoms. The van der Waals surface area contributed by atoms with Crippen LogP contribution < -0.4 is 5.32 Å². The third-order valence-corrected chi connectivity index (χ3v) is 4.57. The fraction of sp³-hybridized carbons (Fsp3) is 0.625. The second-order valence-electron chi connectivity index (χ2n) is 6.08. The number of hydrogen-bond acceptors (Lipinski definition) is 3. The van der Waals surface area contributed by atoms with Crippen molar-refractivity contribution in [3.05, 3.63) is 28.5 Å². The van der Waals surface area contributed by atoms with Crippen molar-refractivity contribution in [1.82, 2.24) is 10.3 Å². The molecule has 116 valence electrons. The van der Waals surface area contributed by atoms with Gasteiger partial charge < -0.3 is 10.4 Å². The SMILES string of the molecule is CCC1CCC(O)(CNC(=O)c2cc(C)nc(Cl)c2)CC1. The Morgan fingerprint density at radius 2 is 2.14 bits per heavy atom. The summed E-state index contributed by atoms with van der Waals surface area (Å²) in [5.41, 5.74) is 0.417. The first-order valence-electron chi connectivity index (χ1n) is 7.56. The van der Waals surface area contributed by atoms with Crippen molar-refractivity contribution >= 4 is 17.5 Å². The van der Waals surface area contributed by atoms with Crippen LogP contribution in [0.4, 0.5) is 0 Å². The summed E-state index contributed by atoms with van der Waals surface area (Å²) >= 11 is 5.86. The number of rotatable bonds is 4. The average molecular weight is 311 g/mol. The molecule has 1 fully saturated rings. The first kappa shape index (κ1) is 16.2. The van der Waals surface area contributed by atoms with Gasteiger partial charge in [-0.25, -0.2) is 4.98 Å². The van der Waals surface area contributed by atoms with Gasteiger partial charge in [-0.2, -0.15) is 0 Å². The molecule has 1 aliphatic carbocycles. The summed E-state index contributed by atoms with van der Waals surface area (Å²) in [5, 5.41) is 13.7. The predicted molar refractivity (Wildman–Crippen MR) is 83.5 cm³/mol. The Labute approximate surface area is 130 Å². The molecular weight excluding hydrogens is 288 g/mol. The van der Waals surface area contributed by atoms with Gasteiger partial charge in [-0.05, 0) is 50.7 Å². The highest BCUT2D eigenvalue weighted by Crippen LogP contribution is 2.33. The summed E-state index contributed by atoms with van der Waals surface area (Å²) in [6.07, 6.45) is 4.73. The van der Waals surface area contributed by atoms with E-state index in [2.05, 4.69) is 17.2 Å². The van der Waals surface area contributed by atoms with Gasteiger partial charge >= 0.3 is 0 Å². The van der Waals surface area contributed by atoms with Gasteiger partial charge in [0.1, 0.15) is 5.15 Å². The molecule has 2 N–H and O–H groups in total. The first-order valence-corrected chi connectivity index (χ1v) is 7.94. The molecule has 1 heterocycles. The van der Waals surface area contributed by atoms with E-state index in [1.165, 1.54) is 0 Å². The summed E-state index contributed by atoms with van der Waals surface area (Å²) in [7, 11) is 0. The third kappa shape index (κ3) is 4.42. The minimum atomic E-state index is -0.771. The quantitative estimate of drug-likeness (QED) is 0.840. The van der Waals surface area contributed by atoms with Gasteiger partial charge in [0.05, 0.1) is 5.60 Å². The molecule has 1 aromatic rings. The topological polar surface area (TPSA) is 62.2 Å². The molecule has 0 saturated heterocycles. The summed E-state index contributed by atoms with van der Waals surface area (Å²) in [5.74, 6) is 0.496. The summed E-state index contributed by atoms with van der Waals surface area (Å²) in [6.45, 7) is 4.27. The van der Waals surface area contributed by atoms with E-state index in [0.717, 1.165) is 32.1 Å². The fourth-order valence-electron chi connectivity index (χ4n) is 2.91. The van der Waals surface area contributed by atoms with E-state index >= 15 is 0 Å². The molecule has 1 amide bonds. The van der Waals surface area contributed by atoms with Crippen LogP contribution in [0.3, 0.4) is 0 Å². The number of aryl methyl sites for hydroxylation is 1. The molecule has 0 unspecified atom stereocenters. The van der Waals surface area contributed by atoms with Gasteiger partial charge in [-0.1, -0.05) is 24.9 Å². The number of nitrogens with zero attached hydrogens (tertiary/aromatic N) is 1. The highest BCUT2D eigenvalue weighted by atomic mass is 35.5. The summed E-state index contributed by atoms with van der Waals surface area (Å²) < 4.78 is 0. The molecule has 21 heavy (non-hydrogen) atoms. The Balaban J connectivity index is 1.92. The zero-order valence-corrected chi connectivity index (χ0v) is 13.4. The van der Waals surface area contributed by atoms with Gasteiger partial charge in [-0.3, -0.25) is 4.79 Å². The average Bonchev–Trinajstić information content (AvgIpc) is 2.45. The van der Waals surface area contributed by atoms with Gasteiger partial charge in [0, 0.05) is 17.8 Å². The summed E-state index contributed by atoms with van der Waals surface area (Å²) in [4.78, 5) is 16.2. The number of aliphatic hydroxyl groups is 1. The molecule has 0 radical (unpaired) electrons. The number of amides is 1. The number of pyridine rings is 1. The van der Waals surface area contributed by atoms with Crippen molar-refractivity contribution < 1.29 is 9.90 Å². The van der Waals surface area contributed by atoms with Crippen molar-refractivity contribution in [2.75, 3.05) is 6.54 Å². The second-order valence-corrected chi connectivity index (χ2v) is 6.47.